The van der Waals surface area contributed by atoms with Gasteiger partial charge in [-0.25, -0.2) is 9.78 Å². The van der Waals surface area contributed by atoms with Gasteiger partial charge in [0.05, 0.1) is 30.7 Å². The monoisotopic (exact) mass is 359 g/mol. The van der Waals surface area contributed by atoms with E-state index in [-0.39, 0.29) is 5.97 Å². The number of aromatic amines is 1. The van der Waals surface area contributed by atoms with E-state index >= 15 is 0 Å². The van der Waals surface area contributed by atoms with Crippen LogP contribution in [0.1, 0.15) is 39.2 Å². The predicted molar refractivity (Wildman–Crippen MR) is 98.1 cm³/mol. The molecule has 0 amide bonds. The van der Waals surface area contributed by atoms with Crippen molar-refractivity contribution in [2.24, 2.45) is 0 Å². The summed E-state index contributed by atoms with van der Waals surface area (Å²) in [5.74, 6) is 0.551. The molecule has 132 valence electrons. The molecule has 3 aromatic rings. The van der Waals surface area contributed by atoms with Gasteiger partial charge in [-0.3, -0.25) is 0 Å². The molecular formula is C18H21N3O3S. The van der Waals surface area contributed by atoms with E-state index in [1.54, 1.807) is 24.5 Å². The standard InChI is InChI=1S/C18H21N3O3S/c1-5-23-17(22)14-10(2)15(20-11(14)3)16-12(4)25-18(21-16)19-9-13-7-6-8-24-13/h6-8,20H,5,9H2,1-4H3,(H,19,21). The molecule has 25 heavy (non-hydrogen) atoms. The summed E-state index contributed by atoms with van der Waals surface area (Å²) in [5, 5.41) is 4.08. The van der Waals surface area contributed by atoms with Crippen molar-refractivity contribution in [3.63, 3.8) is 0 Å². The van der Waals surface area contributed by atoms with E-state index in [1.165, 1.54) is 0 Å². The van der Waals surface area contributed by atoms with Crippen LogP contribution in [0.15, 0.2) is 22.8 Å². The summed E-state index contributed by atoms with van der Waals surface area (Å²) in [5.41, 5.74) is 3.96. The van der Waals surface area contributed by atoms with Crippen molar-refractivity contribution in [1.29, 1.82) is 0 Å². The molecule has 6 nitrogen and oxygen atoms in total. The molecule has 0 aliphatic carbocycles. The van der Waals surface area contributed by atoms with Crippen molar-refractivity contribution in [2.45, 2.75) is 34.2 Å². The third kappa shape index (κ3) is 3.46. The van der Waals surface area contributed by atoms with Gasteiger partial charge >= 0.3 is 5.97 Å². The zero-order valence-corrected chi connectivity index (χ0v) is 15.5. The molecule has 0 radical (unpaired) electrons. The second-order valence-corrected chi connectivity index (χ2v) is 6.91. The van der Waals surface area contributed by atoms with Crippen LogP contribution >= 0.6 is 11.3 Å². The van der Waals surface area contributed by atoms with E-state index in [0.717, 1.165) is 38.4 Å². The highest BCUT2D eigenvalue weighted by atomic mass is 32.1. The number of aromatic nitrogens is 2. The van der Waals surface area contributed by atoms with E-state index in [9.17, 15) is 4.79 Å². The number of H-pyrrole nitrogens is 1. The van der Waals surface area contributed by atoms with Crippen LogP contribution in [0.4, 0.5) is 5.13 Å². The first kappa shape index (κ1) is 17.3. The molecule has 0 spiro atoms. The number of carbonyl (C=O) groups excluding carboxylic acids is 1. The maximum Gasteiger partial charge on any atom is 0.340 e. The number of ether oxygens (including phenoxy) is 1. The van der Waals surface area contributed by atoms with E-state index in [2.05, 4.69) is 15.3 Å². The maximum atomic E-state index is 12.2. The van der Waals surface area contributed by atoms with Gasteiger partial charge in [0.1, 0.15) is 11.5 Å². The summed E-state index contributed by atoms with van der Waals surface area (Å²) < 4.78 is 10.5. The Morgan fingerprint density at radius 3 is 2.88 bits per heavy atom. The zero-order valence-electron chi connectivity index (χ0n) is 14.7. The lowest BCUT2D eigenvalue weighted by molar-refractivity contribution is 0.0525. The number of carbonyl (C=O) groups is 1. The van der Waals surface area contributed by atoms with Crippen molar-refractivity contribution < 1.29 is 13.9 Å². The van der Waals surface area contributed by atoms with Gasteiger partial charge in [-0.1, -0.05) is 0 Å². The van der Waals surface area contributed by atoms with Crippen LogP contribution in [0.3, 0.4) is 0 Å². The van der Waals surface area contributed by atoms with Gasteiger partial charge in [-0.15, -0.1) is 11.3 Å². The molecule has 0 bridgehead atoms. The summed E-state index contributed by atoms with van der Waals surface area (Å²) in [7, 11) is 0. The minimum atomic E-state index is -0.302. The molecular weight excluding hydrogens is 338 g/mol. The summed E-state index contributed by atoms with van der Waals surface area (Å²) in [4.78, 5) is 21.2. The highest BCUT2D eigenvalue weighted by Gasteiger charge is 2.22. The Kier molecular flexibility index (Phi) is 4.94. The first-order chi connectivity index (χ1) is 12.0. The van der Waals surface area contributed by atoms with E-state index in [4.69, 9.17) is 9.15 Å². The molecule has 0 aliphatic heterocycles. The number of furan rings is 1. The molecule has 3 rings (SSSR count). The van der Waals surface area contributed by atoms with Gasteiger partial charge in [0, 0.05) is 10.6 Å². The molecule has 0 atom stereocenters. The number of nitrogens with zero attached hydrogens (tertiary/aromatic N) is 1. The fraction of sp³-hybridized carbons (Fsp3) is 0.333. The number of rotatable bonds is 6. The summed E-state index contributed by atoms with van der Waals surface area (Å²) >= 11 is 1.57. The zero-order chi connectivity index (χ0) is 18.0. The van der Waals surface area contributed by atoms with Crippen LogP contribution in [0.25, 0.3) is 11.4 Å². The Hall–Kier alpha value is -2.54. The van der Waals surface area contributed by atoms with Crippen LogP contribution in [-0.4, -0.2) is 22.5 Å². The maximum absolute atomic E-state index is 12.2. The number of anilines is 1. The molecule has 0 unspecified atom stereocenters. The number of hydrogen-bond donors (Lipinski definition) is 2. The summed E-state index contributed by atoms with van der Waals surface area (Å²) in [6.07, 6.45) is 1.65. The molecule has 7 heteroatoms. The van der Waals surface area contributed by atoms with Crippen LogP contribution < -0.4 is 5.32 Å². The van der Waals surface area contributed by atoms with Crippen molar-refractivity contribution >= 4 is 22.4 Å². The lowest BCUT2D eigenvalue weighted by Gasteiger charge is -2.02. The number of aryl methyl sites for hydroxylation is 2. The second kappa shape index (κ2) is 7.14. The SMILES string of the molecule is CCOC(=O)c1c(C)[nH]c(-c2nc(NCc3ccco3)sc2C)c1C. The minimum Gasteiger partial charge on any atom is -0.467 e. The van der Waals surface area contributed by atoms with Crippen molar-refractivity contribution in [3.8, 4) is 11.4 Å². The van der Waals surface area contributed by atoms with Gasteiger partial charge in [0.25, 0.3) is 0 Å². The predicted octanol–water partition coefficient (Wildman–Crippen LogP) is 4.45. The van der Waals surface area contributed by atoms with Crippen LogP contribution in [0.2, 0.25) is 0 Å². The smallest absolute Gasteiger partial charge is 0.340 e. The second-order valence-electron chi connectivity index (χ2n) is 5.70. The lowest BCUT2D eigenvalue weighted by Crippen LogP contribution is -2.06. The molecule has 3 aromatic heterocycles. The summed E-state index contributed by atoms with van der Waals surface area (Å²) in [6, 6.07) is 3.77. The average Bonchev–Trinajstić information content (AvgIpc) is 3.26. The van der Waals surface area contributed by atoms with Gasteiger partial charge in [-0.2, -0.15) is 0 Å². The third-order valence-corrected chi connectivity index (χ3v) is 4.87. The Balaban J connectivity index is 1.87. The Morgan fingerprint density at radius 2 is 2.20 bits per heavy atom. The normalized spacial score (nSPS) is 10.9. The molecule has 0 saturated heterocycles. The molecule has 0 aliphatic rings. The van der Waals surface area contributed by atoms with Gasteiger partial charge in [-0.05, 0) is 45.4 Å². The molecule has 2 N–H and O–H groups in total. The molecule has 0 saturated carbocycles. The Labute approximate surface area is 150 Å². The average molecular weight is 359 g/mol. The van der Waals surface area contributed by atoms with Crippen LogP contribution in [0.5, 0.6) is 0 Å². The van der Waals surface area contributed by atoms with Gasteiger partial charge in [0.15, 0.2) is 5.13 Å². The topological polar surface area (TPSA) is 80.2 Å². The minimum absolute atomic E-state index is 0.302. The highest BCUT2D eigenvalue weighted by molar-refractivity contribution is 7.15. The third-order valence-electron chi connectivity index (χ3n) is 3.94. The lowest BCUT2D eigenvalue weighted by atomic mass is 10.1. The van der Waals surface area contributed by atoms with Crippen LogP contribution in [-0.2, 0) is 11.3 Å². The van der Waals surface area contributed by atoms with Gasteiger partial charge < -0.3 is 19.5 Å². The van der Waals surface area contributed by atoms with Crippen molar-refractivity contribution in [3.05, 3.63) is 45.9 Å². The molecule has 3 heterocycles. The number of hydrogen-bond acceptors (Lipinski definition) is 6. The first-order valence-corrected chi connectivity index (χ1v) is 8.93. The Morgan fingerprint density at radius 1 is 1.40 bits per heavy atom. The van der Waals surface area contributed by atoms with E-state index < -0.39 is 0 Å². The van der Waals surface area contributed by atoms with Crippen molar-refractivity contribution in [1.82, 2.24) is 9.97 Å². The number of thiazole rings is 1. The Bertz CT molecular complexity index is 878. The quantitative estimate of drug-likeness (QED) is 0.636. The fourth-order valence-electron chi connectivity index (χ4n) is 2.78. The largest absolute Gasteiger partial charge is 0.467 e. The highest BCUT2D eigenvalue weighted by Crippen LogP contribution is 2.34. The number of esters is 1. The van der Waals surface area contributed by atoms with E-state index in [0.29, 0.717) is 18.7 Å². The van der Waals surface area contributed by atoms with E-state index in [1.807, 2.05) is 32.9 Å². The summed E-state index contributed by atoms with van der Waals surface area (Å²) in [6.45, 7) is 8.55. The molecule has 0 fully saturated rings. The van der Waals surface area contributed by atoms with Crippen molar-refractivity contribution in [2.75, 3.05) is 11.9 Å². The first-order valence-electron chi connectivity index (χ1n) is 8.11. The number of nitrogens with one attached hydrogen (secondary N) is 2. The molecule has 0 aromatic carbocycles. The fourth-order valence-corrected chi connectivity index (χ4v) is 3.59. The van der Waals surface area contributed by atoms with Gasteiger partial charge in [0.2, 0.25) is 0 Å². The van der Waals surface area contributed by atoms with Crippen LogP contribution in [0, 0.1) is 20.8 Å².